The van der Waals surface area contributed by atoms with E-state index in [1.165, 1.54) is 13.8 Å². The number of carbonyl (C=O) groups is 2. The summed E-state index contributed by atoms with van der Waals surface area (Å²) in [6.07, 6.45) is -0.234. The number of esters is 2. The van der Waals surface area contributed by atoms with E-state index in [4.69, 9.17) is 20.9 Å². The second-order valence-corrected chi connectivity index (χ2v) is 7.65. The molecule has 0 aliphatic rings. The Kier molecular flexibility index (Phi) is 7.91. The summed E-state index contributed by atoms with van der Waals surface area (Å²) in [5.74, 6) is -0.803. The number of rotatable bonds is 5. The molecule has 1 aromatic carbocycles. The van der Waals surface area contributed by atoms with E-state index < -0.39 is 12.1 Å². The van der Waals surface area contributed by atoms with E-state index >= 15 is 0 Å². The van der Waals surface area contributed by atoms with Crippen LogP contribution >= 0.6 is 67.8 Å². The molecule has 1 atom stereocenters. The molecule has 1 rings (SSSR count). The van der Waals surface area contributed by atoms with Crippen LogP contribution in [0.1, 0.15) is 31.9 Å². The van der Waals surface area contributed by atoms with Crippen LogP contribution in [0.25, 0.3) is 0 Å². The summed E-state index contributed by atoms with van der Waals surface area (Å²) in [7, 11) is 0. The van der Waals surface area contributed by atoms with Gasteiger partial charge < -0.3 is 20.9 Å². The molecule has 0 spiro atoms. The third kappa shape index (κ3) is 4.97. The maximum absolute atomic E-state index is 11.4. The van der Waals surface area contributed by atoms with E-state index in [1.807, 2.05) is 0 Å². The van der Waals surface area contributed by atoms with Crippen LogP contribution in [0.2, 0.25) is 0 Å². The van der Waals surface area contributed by atoms with Crippen molar-refractivity contribution in [1.82, 2.24) is 0 Å². The molecule has 0 bridgehead atoms. The fourth-order valence-corrected chi connectivity index (χ4v) is 5.64. The number of hydrogen-bond acceptors (Lipinski definition) is 6. The van der Waals surface area contributed by atoms with Gasteiger partial charge in [0.15, 0.2) is 0 Å². The van der Waals surface area contributed by atoms with Gasteiger partial charge in [0.05, 0.1) is 21.6 Å². The van der Waals surface area contributed by atoms with E-state index in [0.717, 1.165) is 16.3 Å². The monoisotopic (exact) mass is 644 g/mol. The number of anilines is 2. The molecule has 0 aliphatic heterocycles. The molecule has 22 heavy (non-hydrogen) atoms. The number of nitrogen functional groups attached to an aromatic ring is 2. The first-order valence-corrected chi connectivity index (χ1v) is 9.42. The first-order valence-electron chi connectivity index (χ1n) is 6.18. The Labute approximate surface area is 169 Å². The van der Waals surface area contributed by atoms with E-state index in [9.17, 15) is 9.59 Å². The number of hydrogen-bond donors (Lipinski definition) is 2. The normalized spacial score (nSPS) is 11.9. The van der Waals surface area contributed by atoms with Crippen LogP contribution in [0, 0.1) is 10.7 Å². The van der Waals surface area contributed by atoms with Crippen LogP contribution in [0.5, 0.6) is 0 Å². The maximum Gasteiger partial charge on any atom is 0.303 e. The molecule has 122 valence electrons. The van der Waals surface area contributed by atoms with Crippen molar-refractivity contribution >= 4 is 91.1 Å². The van der Waals surface area contributed by atoms with Crippen LogP contribution in [-0.4, -0.2) is 18.5 Å². The van der Waals surface area contributed by atoms with Gasteiger partial charge in [-0.15, -0.1) is 0 Å². The van der Waals surface area contributed by atoms with E-state index in [2.05, 4.69) is 67.8 Å². The van der Waals surface area contributed by atoms with Crippen LogP contribution in [-0.2, 0) is 19.1 Å². The van der Waals surface area contributed by atoms with Crippen molar-refractivity contribution in [2.24, 2.45) is 0 Å². The molecule has 6 nitrogen and oxygen atoms in total. The third-order valence-electron chi connectivity index (χ3n) is 2.73. The van der Waals surface area contributed by atoms with Crippen LogP contribution in [0.3, 0.4) is 0 Å². The largest absolute Gasteiger partial charge is 0.466 e. The molecule has 0 saturated heterocycles. The lowest BCUT2D eigenvalue weighted by Crippen LogP contribution is -2.17. The summed E-state index contributed by atoms with van der Waals surface area (Å²) >= 11 is 6.31. The fourth-order valence-electron chi connectivity index (χ4n) is 1.78. The molecule has 0 aliphatic carbocycles. The lowest BCUT2D eigenvalue weighted by atomic mass is 10.0. The Balaban J connectivity index is 3.24. The molecule has 0 radical (unpaired) electrons. The Morgan fingerprint density at radius 3 is 1.91 bits per heavy atom. The molecule has 4 N–H and O–H groups in total. The topological polar surface area (TPSA) is 105 Å². The molecular formula is C13H15I3N2O4. The molecule has 0 heterocycles. The first kappa shape index (κ1) is 20.0. The number of benzene rings is 1. The fraction of sp³-hybridized carbons (Fsp3) is 0.385. The molecule has 1 unspecified atom stereocenters. The quantitative estimate of drug-likeness (QED) is 0.290. The summed E-state index contributed by atoms with van der Waals surface area (Å²) in [5.41, 5.74) is 14.0. The van der Waals surface area contributed by atoms with Gasteiger partial charge in [-0.3, -0.25) is 9.59 Å². The Morgan fingerprint density at radius 1 is 1.00 bits per heavy atom. The van der Waals surface area contributed by atoms with Crippen molar-refractivity contribution in [2.75, 3.05) is 18.1 Å². The van der Waals surface area contributed by atoms with Gasteiger partial charge in [-0.2, -0.15) is 0 Å². The SMILES string of the molecule is CC(=O)OCCC(OC(C)=O)c1c(I)c(N)c(I)c(N)c1I. The number of nitrogens with two attached hydrogens (primary N) is 2. The standard InChI is InChI=1S/C13H15I3N2O4/c1-5(19)21-4-3-7(22-6(2)20)8-9(14)12(17)11(16)13(18)10(8)15/h7H,3-4,17-18H2,1-2H3. The van der Waals surface area contributed by atoms with Gasteiger partial charge in [0, 0.05) is 33.0 Å². The molecule has 0 fully saturated rings. The minimum absolute atomic E-state index is 0.144. The first-order chi connectivity index (χ1) is 10.2. The number of carbonyl (C=O) groups excluding carboxylic acids is 2. The molecule has 9 heteroatoms. The van der Waals surface area contributed by atoms with Gasteiger partial charge in [0.25, 0.3) is 0 Å². The zero-order chi connectivity index (χ0) is 17.0. The van der Waals surface area contributed by atoms with Gasteiger partial charge in [-0.25, -0.2) is 0 Å². The van der Waals surface area contributed by atoms with Crippen LogP contribution in [0.4, 0.5) is 11.4 Å². The van der Waals surface area contributed by atoms with Gasteiger partial charge in [-0.1, -0.05) is 0 Å². The predicted molar refractivity (Wildman–Crippen MR) is 109 cm³/mol. The molecular weight excluding hydrogens is 629 g/mol. The Bertz CT molecular complexity index is 578. The number of halogens is 3. The van der Waals surface area contributed by atoms with Crippen molar-refractivity contribution in [3.8, 4) is 0 Å². The second kappa shape index (κ2) is 8.70. The van der Waals surface area contributed by atoms with Crippen LogP contribution < -0.4 is 11.5 Å². The van der Waals surface area contributed by atoms with Crippen molar-refractivity contribution in [3.63, 3.8) is 0 Å². The summed E-state index contributed by atoms with van der Waals surface area (Å²) in [6, 6.07) is 0. The molecule has 0 saturated carbocycles. The highest BCUT2D eigenvalue weighted by Crippen LogP contribution is 2.40. The van der Waals surface area contributed by atoms with Crippen molar-refractivity contribution in [1.29, 1.82) is 0 Å². The molecule has 0 aromatic heterocycles. The van der Waals surface area contributed by atoms with Gasteiger partial charge >= 0.3 is 11.9 Å². The smallest absolute Gasteiger partial charge is 0.303 e. The van der Waals surface area contributed by atoms with Crippen LogP contribution in [0.15, 0.2) is 0 Å². The average molecular weight is 644 g/mol. The summed E-state index contributed by atoms with van der Waals surface area (Å²) in [4.78, 5) is 22.3. The van der Waals surface area contributed by atoms with E-state index in [1.54, 1.807) is 0 Å². The molecule has 1 aromatic rings. The Morgan fingerprint density at radius 2 is 1.50 bits per heavy atom. The summed E-state index contributed by atoms with van der Waals surface area (Å²) < 4.78 is 12.7. The zero-order valence-corrected chi connectivity index (χ0v) is 18.4. The Hall–Kier alpha value is -0.0500. The highest BCUT2D eigenvalue weighted by Gasteiger charge is 2.26. The lowest BCUT2D eigenvalue weighted by molar-refractivity contribution is -0.149. The zero-order valence-electron chi connectivity index (χ0n) is 11.9. The van der Waals surface area contributed by atoms with E-state index in [0.29, 0.717) is 17.8 Å². The summed E-state index contributed by atoms with van der Waals surface area (Å²) in [5, 5.41) is 0. The second-order valence-electron chi connectivity index (χ2n) is 4.41. The van der Waals surface area contributed by atoms with Gasteiger partial charge in [0.2, 0.25) is 0 Å². The minimum atomic E-state index is -0.572. The van der Waals surface area contributed by atoms with Gasteiger partial charge in [0.1, 0.15) is 6.10 Å². The number of ether oxygens (including phenoxy) is 2. The molecule has 0 amide bonds. The van der Waals surface area contributed by atoms with Gasteiger partial charge in [-0.05, 0) is 67.8 Å². The summed E-state index contributed by atoms with van der Waals surface area (Å²) in [6.45, 7) is 2.80. The van der Waals surface area contributed by atoms with E-state index in [-0.39, 0.29) is 12.6 Å². The minimum Gasteiger partial charge on any atom is -0.466 e. The van der Waals surface area contributed by atoms with Crippen molar-refractivity contribution < 1.29 is 19.1 Å². The third-order valence-corrected chi connectivity index (χ3v) is 6.22. The predicted octanol–water partition coefficient (Wildman–Crippen LogP) is 3.22. The highest BCUT2D eigenvalue weighted by atomic mass is 127. The van der Waals surface area contributed by atoms with Crippen molar-refractivity contribution in [3.05, 3.63) is 16.3 Å². The lowest BCUT2D eigenvalue weighted by Gasteiger charge is -2.23. The average Bonchev–Trinajstić information content (AvgIpc) is 2.42. The maximum atomic E-state index is 11.4. The highest BCUT2D eigenvalue weighted by molar-refractivity contribution is 14.1. The van der Waals surface area contributed by atoms with Crippen molar-refractivity contribution in [2.45, 2.75) is 26.4 Å².